The lowest BCUT2D eigenvalue weighted by atomic mass is 9.97. The van der Waals surface area contributed by atoms with Crippen molar-refractivity contribution in [3.8, 4) is 0 Å². The second-order valence-corrected chi connectivity index (χ2v) is 6.90. The fourth-order valence-corrected chi connectivity index (χ4v) is 3.01. The zero-order chi connectivity index (χ0) is 21.2. The fourth-order valence-electron chi connectivity index (χ4n) is 3.01. The van der Waals surface area contributed by atoms with Gasteiger partial charge in [0.2, 0.25) is 5.79 Å². The molecule has 1 rings (SSSR count). The van der Waals surface area contributed by atoms with Gasteiger partial charge in [-0.05, 0) is 31.4 Å². The average molecular weight is 392 g/mol. The summed E-state index contributed by atoms with van der Waals surface area (Å²) >= 11 is 0. The number of unbranched alkanes of at least 4 members (excludes halogenated alkanes) is 2. The van der Waals surface area contributed by atoms with Crippen molar-refractivity contribution in [2.75, 3.05) is 6.61 Å². The summed E-state index contributed by atoms with van der Waals surface area (Å²) in [6.07, 6.45) is 4.62. The maximum Gasteiger partial charge on any atom is 0.341 e. The average Bonchev–Trinajstić information content (AvgIpc) is 2.64. The first-order valence-electron chi connectivity index (χ1n) is 9.81. The molecule has 0 heterocycles. The number of carboxylic acid groups (broad SMARTS) is 1. The number of carbonyl (C=O) groups is 2. The van der Waals surface area contributed by atoms with Crippen LogP contribution in [0, 0.1) is 0 Å². The largest absolute Gasteiger partial charge is 0.478 e. The molecule has 6 nitrogen and oxygen atoms in total. The number of ether oxygens (including phenoxy) is 2. The van der Waals surface area contributed by atoms with Gasteiger partial charge in [-0.1, -0.05) is 44.9 Å². The van der Waals surface area contributed by atoms with Crippen LogP contribution in [0.1, 0.15) is 79.2 Å². The Hall–Kier alpha value is -2.18. The molecule has 2 N–H and O–H groups in total. The molecule has 0 saturated carbocycles. The molecule has 1 aromatic rings. The van der Waals surface area contributed by atoms with Gasteiger partial charge in [-0.25, -0.2) is 9.59 Å². The van der Waals surface area contributed by atoms with Crippen LogP contribution in [-0.2, 0) is 15.9 Å². The fraction of sp³-hybridized carbons (Fsp3) is 0.545. The molecule has 6 heteroatoms. The van der Waals surface area contributed by atoms with Crippen LogP contribution in [0.2, 0.25) is 0 Å². The lowest BCUT2D eigenvalue weighted by Gasteiger charge is -2.32. The quantitative estimate of drug-likeness (QED) is 0.224. The van der Waals surface area contributed by atoms with Crippen molar-refractivity contribution < 1.29 is 29.3 Å². The first-order valence-corrected chi connectivity index (χ1v) is 9.81. The lowest BCUT2D eigenvalue weighted by Crippen LogP contribution is -2.38. The van der Waals surface area contributed by atoms with Gasteiger partial charge in [0.05, 0.1) is 23.8 Å². The highest BCUT2D eigenvalue weighted by atomic mass is 16.7. The summed E-state index contributed by atoms with van der Waals surface area (Å²) < 4.78 is 11.6. The standard InChI is InChI=1S/C22H32O6/c1-5-8-9-14-27-22(7-3,13-6-2)28-21(26)18-12-10-11-17(15-16(4)23)19(18)20(24)25/h6,10-12,16,23H,2,5,7-9,13-15H2,1,3-4H3,(H,24,25). The molecule has 0 amide bonds. The summed E-state index contributed by atoms with van der Waals surface area (Å²) in [6.45, 7) is 9.65. The smallest absolute Gasteiger partial charge is 0.341 e. The van der Waals surface area contributed by atoms with E-state index in [4.69, 9.17) is 9.47 Å². The number of hydrogen-bond acceptors (Lipinski definition) is 5. The minimum Gasteiger partial charge on any atom is -0.478 e. The zero-order valence-corrected chi connectivity index (χ0v) is 17.1. The zero-order valence-electron chi connectivity index (χ0n) is 17.1. The Morgan fingerprint density at radius 2 is 2.00 bits per heavy atom. The number of aliphatic hydroxyl groups is 1. The SMILES string of the molecule is C=CCC(CC)(OCCCCC)OC(=O)c1cccc(CC(C)O)c1C(=O)O. The van der Waals surface area contributed by atoms with Gasteiger partial charge in [0.1, 0.15) is 0 Å². The van der Waals surface area contributed by atoms with Gasteiger partial charge >= 0.3 is 11.9 Å². The molecule has 2 unspecified atom stereocenters. The van der Waals surface area contributed by atoms with Crippen molar-refractivity contribution >= 4 is 11.9 Å². The summed E-state index contributed by atoms with van der Waals surface area (Å²) in [5.41, 5.74) is 0.180. The molecule has 2 atom stereocenters. The van der Waals surface area contributed by atoms with E-state index in [9.17, 15) is 19.8 Å². The predicted octanol–water partition coefficient (Wildman–Crippen LogP) is 4.35. The number of carbonyl (C=O) groups excluding carboxylic acids is 1. The summed E-state index contributed by atoms with van der Waals surface area (Å²) in [6, 6.07) is 4.59. The highest BCUT2D eigenvalue weighted by Gasteiger charge is 2.34. The Bertz CT molecular complexity index is 667. The van der Waals surface area contributed by atoms with Crippen LogP contribution in [0.4, 0.5) is 0 Å². The second kappa shape index (κ2) is 11.6. The van der Waals surface area contributed by atoms with Crippen molar-refractivity contribution in [2.45, 2.75) is 71.2 Å². The summed E-state index contributed by atoms with van der Waals surface area (Å²) in [5, 5.41) is 19.3. The maximum absolute atomic E-state index is 12.9. The number of benzene rings is 1. The third kappa shape index (κ3) is 6.77. The van der Waals surface area contributed by atoms with E-state index in [-0.39, 0.29) is 17.5 Å². The first-order chi connectivity index (χ1) is 13.3. The van der Waals surface area contributed by atoms with Gasteiger partial charge in [-0.2, -0.15) is 0 Å². The minimum absolute atomic E-state index is 0.0512. The van der Waals surface area contributed by atoms with Crippen LogP contribution < -0.4 is 0 Å². The number of hydrogen-bond donors (Lipinski definition) is 2. The summed E-state index contributed by atoms with van der Waals surface area (Å²) in [7, 11) is 0. The highest BCUT2D eigenvalue weighted by molar-refractivity contribution is 6.03. The van der Waals surface area contributed by atoms with E-state index in [0.29, 0.717) is 25.0 Å². The molecule has 0 spiro atoms. The molecule has 0 aliphatic heterocycles. The van der Waals surface area contributed by atoms with Crippen LogP contribution in [0.5, 0.6) is 0 Å². The van der Waals surface area contributed by atoms with E-state index >= 15 is 0 Å². The molecule has 0 radical (unpaired) electrons. The summed E-state index contributed by atoms with van der Waals surface area (Å²) in [4.78, 5) is 24.7. The Balaban J connectivity index is 3.16. The van der Waals surface area contributed by atoms with Crippen LogP contribution in [-0.4, -0.2) is 40.6 Å². The van der Waals surface area contributed by atoms with Gasteiger partial charge in [-0.3, -0.25) is 0 Å². The van der Waals surface area contributed by atoms with Crippen LogP contribution >= 0.6 is 0 Å². The van der Waals surface area contributed by atoms with E-state index in [0.717, 1.165) is 19.3 Å². The molecule has 0 saturated heterocycles. The lowest BCUT2D eigenvalue weighted by molar-refractivity contribution is -0.204. The third-order valence-corrected chi connectivity index (χ3v) is 4.49. The summed E-state index contributed by atoms with van der Waals surface area (Å²) in [5.74, 6) is -3.18. The Morgan fingerprint density at radius 3 is 2.54 bits per heavy atom. The molecule has 0 aliphatic rings. The molecule has 0 aliphatic carbocycles. The minimum atomic E-state index is -1.24. The van der Waals surface area contributed by atoms with Crippen molar-refractivity contribution in [3.05, 3.63) is 47.5 Å². The van der Waals surface area contributed by atoms with E-state index in [2.05, 4.69) is 13.5 Å². The number of carboxylic acids is 1. The molecule has 0 bridgehead atoms. The van der Waals surface area contributed by atoms with Crippen molar-refractivity contribution in [1.82, 2.24) is 0 Å². The van der Waals surface area contributed by atoms with E-state index < -0.39 is 23.8 Å². The van der Waals surface area contributed by atoms with E-state index in [1.54, 1.807) is 25.1 Å². The van der Waals surface area contributed by atoms with Crippen molar-refractivity contribution in [1.29, 1.82) is 0 Å². The van der Waals surface area contributed by atoms with Gasteiger partial charge in [0.25, 0.3) is 0 Å². The molecule has 156 valence electrons. The van der Waals surface area contributed by atoms with E-state index in [1.165, 1.54) is 6.07 Å². The van der Waals surface area contributed by atoms with Crippen molar-refractivity contribution in [3.63, 3.8) is 0 Å². The molecule has 0 aromatic heterocycles. The topological polar surface area (TPSA) is 93.1 Å². The van der Waals surface area contributed by atoms with Gasteiger partial charge < -0.3 is 19.7 Å². The van der Waals surface area contributed by atoms with Crippen LogP contribution in [0.25, 0.3) is 0 Å². The Labute approximate surface area is 167 Å². The Morgan fingerprint density at radius 1 is 1.29 bits per heavy atom. The molecule has 28 heavy (non-hydrogen) atoms. The van der Waals surface area contributed by atoms with Gasteiger partial charge in [0.15, 0.2) is 0 Å². The number of rotatable bonds is 13. The molecule has 1 aromatic carbocycles. The Kier molecular flexibility index (Phi) is 9.90. The maximum atomic E-state index is 12.9. The van der Waals surface area contributed by atoms with E-state index in [1.807, 2.05) is 6.92 Å². The molecule has 0 fully saturated rings. The number of aromatic carboxylic acids is 1. The van der Waals surface area contributed by atoms with Crippen molar-refractivity contribution in [2.24, 2.45) is 0 Å². The predicted molar refractivity (Wildman–Crippen MR) is 108 cm³/mol. The van der Waals surface area contributed by atoms with Crippen LogP contribution in [0.3, 0.4) is 0 Å². The first kappa shape index (κ1) is 23.9. The second-order valence-electron chi connectivity index (χ2n) is 6.90. The molecular formula is C22H32O6. The van der Waals surface area contributed by atoms with Gasteiger partial charge in [-0.15, -0.1) is 6.58 Å². The van der Waals surface area contributed by atoms with Gasteiger partial charge in [0, 0.05) is 12.8 Å². The van der Waals surface area contributed by atoms with Crippen LogP contribution in [0.15, 0.2) is 30.9 Å². The highest BCUT2D eigenvalue weighted by Crippen LogP contribution is 2.27. The number of esters is 1. The molecular weight excluding hydrogens is 360 g/mol. The normalized spacial score (nSPS) is 14.1. The third-order valence-electron chi connectivity index (χ3n) is 4.49. The monoisotopic (exact) mass is 392 g/mol. The number of aliphatic hydroxyl groups excluding tert-OH is 1.